The Hall–Kier alpha value is -1.30. The number of hydrogen-bond donors (Lipinski definition) is 1. The smallest absolute Gasteiger partial charge is 0.0555 e. The van der Waals surface area contributed by atoms with Crippen LogP contribution in [0.5, 0.6) is 0 Å². The summed E-state index contributed by atoms with van der Waals surface area (Å²) in [6.45, 7) is 8.52. The van der Waals surface area contributed by atoms with Gasteiger partial charge in [-0.25, -0.2) is 0 Å². The maximum atomic E-state index is 5.46. The van der Waals surface area contributed by atoms with Crippen LogP contribution < -0.4 is 5.73 Å². The van der Waals surface area contributed by atoms with Gasteiger partial charge in [0.05, 0.1) is 6.54 Å². The standard InChI is InChI=1S/C17H24N2/c1-14-10-15(2)12-19(11-14)13-17-7-4-3-6-16(17)8-5-9-18/h3-4,6-7,14-15H,9-13,18H2,1-2H3. The number of likely N-dealkylation sites (tertiary alicyclic amines) is 1. The molecule has 2 rings (SSSR count). The zero-order valence-corrected chi connectivity index (χ0v) is 12.0. The van der Waals surface area contributed by atoms with Gasteiger partial charge in [0.15, 0.2) is 0 Å². The van der Waals surface area contributed by atoms with Crippen LogP contribution in [-0.4, -0.2) is 24.5 Å². The molecule has 102 valence electrons. The zero-order valence-electron chi connectivity index (χ0n) is 12.0. The molecule has 1 heterocycles. The fraction of sp³-hybridized carbons (Fsp3) is 0.529. The van der Waals surface area contributed by atoms with Gasteiger partial charge in [0.25, 0.3) is 0 Å². The summed E-state index contributed by atoms with van der Waals surface area (Å²) in [5.74, 6) is 7.74. The molecule has 1 saturated heterocycles. The summed E-state index contributed by atoms with van der Waals surface area (Å²) < 4.78 is 0. The number of rotatable bonds is 2. The molecule has 2 nitrogen and oxygen atoms in total. The van der Waals surface area contributed by atoms with Crippen molar-refractivity contribution >= 4 is 0 Å². The summed E-state index contributed by atoms with van der Waals surface area (Å²) >= 11 is 0. The lowest BCUT2D eigenvalue weighted by Crippen LogP contribution is -2.38. The second-order valence-corrected chi connectivity index (χ2v) is 5.80. The maximum absolute atomic E-state index is 5.46. The van der Waals surface area contributed by atoms with Crippen LogP contribution in [-0.2, 0) is 6.54 Å². The third-order valence-electron chi connectivity index (χ3n) is 3.68. The molecular weight excluding hydrogens is 232 g/mol. The lowest BCUT2D eigenvalue weighted by Gasteiger charge is -2.35. The molecule has 2 atom stereocenters. The highest BCUT2D eigenvalue weighted by molar-refractivity contribution is 5.41. The van der Waals surface area contributed by atoms with Crippen molar-refractivity contribution in [2.75, 3.05) is 19.6 Å². The highest BCUT2D eigenvalue weighted by Crippen LogP contribution is 2.23. The van der Waals surface area contributed by atoms with Gasteiger partial charge in [-0.1, -0.05) is 43.9 Å². The molecule has 19 heavy (non-hydrogen) atoms. The maximum Gasteiger partial charge on any atom is 0.0555 e. The van der Waals surface area contributed by atoms with Crippen LogP contribution >= 0.6 is 0 Å². The summed E-state index contributed by atoms with van der Waals surface area (Å²) in [5, 5.41) is 0. The van der Waals surface area contributed by atoms with Gasteiger partial charge >= 0.3 is 0 Å². The average Bonchev–Trinajstić information content (AvgIpc) is 2.36. The fourth-order valence-electron chi connectivity index (χ4n) is 3.09. The van der Waals surface area contributed by atoms with Crippen LogP contribution in [0.15, 0.2) is 24.3 Å². The number of benzene rings is 1. The minimum absolute atomic E-state index is 0.423. The van der Waals surface area contributed by atoms with E-state index in [2.05, 4.69) is 48.8 Å². The second kappa shape index (κ2) is 6.75. The first-order valence-electron chi connectivity index (χ1n) is 7.18. The number of nitrogens with two attached hydrogens (primary N) is 1. The molecule has 0 aromatic heterocycles. The Bertz CT molecular complexity index is 460. The van der Waals surface area contributed by atoms with Gasteiger partial charge in [-0.3, -0.25) is 4.90 Å². The second-order valence-electron chi connectivity index (χ2n) is 5.80. The van der Waals surface area contributed by atoms with Crippen molar-refractivity contribution in [3.05, 3.63) is 35.4 Å². The van der Waals surface area contributed by atoms with E-state index in [9.17, 15) is 0 Å². The number of hydrogen-bond acceptors (Lipinski definition) is 2. The van der Waals surface area contributed by atoms with Crippen molar-refractivity contribution in [2.45, 2.75) is 26.8 Å². The molecule has 2 heteroatoms. The average molecular weight is 256 g/mol. The third-order valence-corrected chi connectivity index (χ3v) is 3.68. The van der Waals surface area contributed by atoms with Crippen LogP contribution in [0.3, 0.4) is 0 Å². The van der Waals surface area contributed by atoms with E-state index in [0.717, 1.165) is 23.9 Å². The molecule has 0 aliphatic carbocycles. The molecule has 1 aliphatic rings. The third kappa shape index (κ3) is 4.09. The minimum atomic E-state index is 0.423. The van der Waals surface area contributed by atoms with E-state index in [1.54, 1.807) is 0 Å². The van der Waals surface area contributed by atoms with Gasteiger partial charge in [-0.15, -0.1) is 0 Å². The van der Waals surface area contributed by atoms with E-state index < -0.39 is 0 Å². The van der Waals surface area contributed by atoms with E-state index in [1.807, 2.05) is 6.07 Å². The first kappa shape index (κ1) is 14.1. The summed E-state index contributed by atoms with van der Waals surface area (Å²) in [4.78, 5) is 2.56. The molecule has 0 spiro atoms. The normalized spacial score (nSPS) is 23.7. The Morgan fingerprint density at radius 1 is 1.21 bits per heavy atom. The summed E-state index contributed by atoms with van der Waals surface area (Å²) in [6.07, 6.45) is 1.35. The van der Waals surface area contributed by atoms with Crippen LogP contribution in [0.2, 0.25) is 0 Å². The molecule has 1 aromatic carbocycles. The predicted octanol–water partition coefficient (Wildman–Crippen LogP) is 2.47. The topological polar surface area (TPSA) is 29.3 Å². The van der Waals surface area contributed by atoms with Crippen molar-refractivity contribution in [1.82, 2.24) is 4.90 Å². The minimum Gasteiger partial charge on any atom is -0.320 e. The highest BCUT2D eigenvalue weighted by atomic mass is 15.1. The van der Waals surface area contributed by atoms with Crippen molar-refractivity contribution in [3.8, 4) is 11.8 Å². The Morgan fingerprint density at radius 3 is 2.58 bits per heavy atom. The van der Waals surface area contributed by atoms with Crippen LogP contribution in [0.4, 0.5) is 0 Å². The number of nitrogens with zero attached hydrogens (tertiary/aromatic N) is 1. The van der Waals surface area contributed by atoms with Gasteiger partial charge in [0.2, 0.25) is 0 Å². The van der Waals surface area contributed by atoms with Crippen LogP contribution in [0.1, 0.15) is 31.4 Å². The molecule has 0 radical (unpaired) electrons. The molecule has 2 unspecified atom stereocenters. The molecule has 1 aromatic rings. The largest absolute Gasteiger partial charge is 0.320 e. The van der Waals surface area contributed by atoms with Crippen LogP contribution in [0.25, 0.3) is 0 Å². The first-order valence-corrected chi connectivity index (χ1v) is 7.18. The Balaban J connectivity index is 2.10. The van der Waals surface area contributed by atoms with Gasteiger partial charge in [0.1, 0.15) is 0 Å². The van der Waals surface area contributed by atoms with Crippen molar-refractivity contribution in [3.63, 3.8) is 0 Å². The van der Waals surface area contributed by atoms with Crippen molar-refractivity contribution < 1.29 is 0 Å². The summed E-state index contributed by atoms with van der Waals surface area (Å²) in [5.41, 5.74) is 7.91. The SMILES string of the molecule is CC1CC(C)CN(Cc2ccccc2C#CCN)C1. The highest BCUT2D eigenvalue weighted by Gasteiger charge is 2.21. The first-order chi connectivity index (χ1) is 9.19. The Kier molecular flexibility index (Phi) is 5.01. The number of piperidine rings is 1. The van der Waals surface area contributed by atoms with Gasteiger partial charge in [-0.2, -0.15) is 0 Å². The quantitative estimate of drug-likeness (QED) is 0.824. The molecule has 1 aliphatic heterocycles. The van der Waals surface area contributed by atoms with E-state index in [4.69, 9.17) is 5.73 Å². The van der Waals surface area contributed by atoms with Crippen molar-refractivity contribution in [1.29, 1.82) is 0 Å². The monoisotopic (exact) mass is 256 g/mol. The summed E-state index contributed by atoms with van der Waals surface area (Å²) in [7, 11) is 0. The van der Waals surface area contributed by atoms with Gasteiger partial charge < -0.3 is 5.73 Å². The van der Waals surface area contributed by atoms with E-state index in [1.165, 1.54) is 25.1 Å². The summed E-state index contributed by atoms with van der Waals surface area (Å²) in [6, 6.07) is 8.42. The van der Waals surface area contributed by atoms with Crippen molar-refractivity contribution in [2.24, 2.45) is 17.6 Å². The molecule has 1 fully saturated rings. The zero-order chi connectivity index (χ0) is 13.7. The lowest BCUT2D eigenvalue weighted by molar-refractivity contribution is 0.134. The molecule has 2 N–H and O–H groups in total. The molecule has 0 amide bonds. The predicted molar refractivity (Wildman–Crippen MR) is 80.6 cm³/mol. The molecule has 0 saturated carbocycles. The van der Waals surface area contributed by atoms with Crippen LogP contribution in [0, 0.1) is 23.7 Å². The Labute approximate surface area is 117 Å². The Morgan fingerprint density at radius 2 is 1.89 bits per heavy atom. The molecule has 0 bridgehead atoms. The lowest BCUT2D eigenvalue weighted by atomic mass is 9.91. The van der Waals surface area contributed by atoms with E-state index in [-0.39, 0.29) is 0 Å². The van der Waals surface area contributed by atoms with Gasteiger partial charge in [-0.05, 0) is 29.9 Å². The fourth-order valence-corrected chi connectivity index (χ4v) is 3.09. The van der Waals surface area contributed by atoms with Gasteiger partial charge in [0, 0.05) is 25.2 Å². The van der Waals surface area contributed by atoms with E-state index in [0.29, 0.717) is 6.54 Å². The molecular formula is C17H24N2. The van der Waals surface area contributed by atoms with E-state index >= 15 is 0 Å².